The van der Waals surface area contributed by atoms with Gasteiger partial charge in [0.2, 0.25) is 0 Å². The van der Waals surface area contributed by atoms with E-state index in [4.69, 9.17) is 5.11 Å². The minimum atomic E-state index is 0.344. The summed E-state index contributed by atoms with van der Waals surface area (Å²) in [6.45, 7) is 2.40. The van der Waals surface area contributed by atoms with E-state index in [9.17, 15) is 0 Å². The number of hydrogen-bond donors (Lipinski definition) is 3. The third-order valence-corrected chi connectivity index (χ3v) is 0.512. The zero-order valence-corrected chi connectivity index (χ0v) is 5.65. The predicted molar refractivity (Wildman–Crippen MR) is 35.2 cm³/mol. The summed E-state index contributed by atoms with van der Waals surface area (Å²) in [4.78, 5) is 0. The van der Waals surface area contributed by atoms with E-state index in [1.54, 1.807) is 7.05 Å². The number of aliphatic hydroxyl groups is 1. The Bertz CT molecular complexity index is 24.4. The van der Waals surface area contributed by atoms with Gasteiger partial charge < -0.3 is 5.11 Å². The van der Waals surface area contributed by atoms with Gasteiger partial charge in [0.05, 0.1) is 0 Å². The van der Waals surface area contributed by atoms with Crippen LogP contribution < -0.4 is 11.3 Å². The van der Waals surface area contributed by atoms with Crippen molar-refractivity contribution in [3.8, 4) is 0 Å². The first-order valence-corrected chi connectivity index (χ1v) is 2.81. The van der Waals surface area contributed by atoms with Crippen LogP contribution in [-0.2, 0) is 0 Å². The van der Waals surface area contributed by atoms with Gasteiger partial charge in [0, 0.05) is 6.61 Å². The smallest absolute Gasteiger partial charge is 0.0430 e. The van der Waals surface area contributed by atoms with Crippen LogP contribution in [0.2, 0.25) is 0 Å². The first kappa shape index (κ1) is 10.8. The summed E-state index contributed by atoms with van der Waals surface area (Å²) < 4.78 is 0. The Kier molecular flexibility index (Phi) is 21.3. The molecule has 4 N–H and O–H groups in total. The fraction of sp³-hybridized carbons (Fsp3) is 1.00. The minimum absolute atomic E-state index is 0.344. The molecule has 0 aliphatic heterocycles. The van der Waals surface area contributed by atoms with Gasteiger partial charge >= 0.3 is 0 Å². The highest BCUT2D eigenvalue weighted by molar-refractivity contribution is 4.23. The van der Waals surface area contributed by atoms with Gasteiger partial charge in [-0.2, -0.15) is 0 Å². The minimum Gasteiger partial charge on any atom is -0.396 e. The van der Waals surface area contributed by atoms with Gasteiger partial charge in [0.25, 0.3) is 0 Å². The van der Waals surface area contributed by atoms with Gasteiger partial charge in [-0.05, 0) is 13.5 Å². The van der Waals surface area contributed by atoms with E-state index >= 15 is 0 Å². The average Bonchev–Trinajstić information content (AvgIpc) is 1.71. The van der Waals surface area contributed by atoms with E-state index in [1.807, 2.05) is 0 Å². The molecule has 0 spiro atoms. The molecule has 52 valence electrons. The van der Waals surface area contributed by atoms with Gasteiger partial charge in [-0.15, -0.1) is 0 Å². The van der Waals surface area contributed by atoms with Gasteiger partial charge in [-0.25, -0.2) is 0 Å². The lowest BCUT2D eigenvalue weighted by Crippen LogP contribution is -2.13. The second-order valence-corrected chi connectivity index (χ2v) is 1.37. The summed E-state index contributed by atoms with van der Waals surface area (Å²) in [5.41, 5.74) is 2.25. The maximum absolute atomic E-state index is 8.07. The molecule has 0 aliphatic rings. The molecule has 0 unspecified atom stereocenters. The van der Waals surface area contributed by atoms with Crippen molar-refractivity contribution in [2.45, 2.75) is 19.8 Å². The van der Waals surface area contributed by atoms with Crippen LogP contribution in [0.15, 0.2) is 0 Å². The number of nitrogens with two attached hydrogens (primary N) is 1. The van der Waals surface area contributed by atoms with Crippen LogP contribution in [-0.4, -0.2) is 18.8 Å². The molecule has 3 nitrogen and oxygen atoms in total. The van der Waals surface area contributed by atoms with Crippen molar-refractivity contribution in [2.24, 2.45) is 5.84 Å². The van der Waals surface area contributed by atoms with Crippen LogP contribution in [0.1, 0.15) is 19.8 Å². The van der Waals surface area contributed by atoms with Crippen LogP contribution in [0.5, 0.6) is 0 Å². The third-order valence-electron chi connectivity index (χ3n) is 0.512. The molecule has 0 atom stereocenters. The van der Waals surface area contributed by atoms with Gasteiger partial charge in [0.15, 0.2) is 0 Å². The number of unbranched alkanes of at least 4 members (excludes halogenated alkanes) is 1. The molecule has 0 saturated carbocycles. The highest BCUT2D eigenvalue weighted by Crippen LogP contribution is 1.78. The largest absolute Gasteiger partial charge is 0.396 e. The summed E-state index contributed by atoms with van der Waals surface area (Å²) in [6, 6.07) is 0. The summed E-state index contributed by atoms with van der Waals surface area (Å²) in [5, 5.41) is 8.07. The van der Waals surface area contributed by atoms with Gasteiger partial charge in [0.1, 0.15) is 0 Å². The van der Waals surface area contributed by atoms with E-state index in [0.717, 1.165) is 12.8 Å². The standard InChI is InChI=1S/C4H10O.CH6N2/c1-2-3-4-5;1-3-2/h5H,2-4H2,1H3;3H,2H2,1H3. The molecule has 0 aromatic rings. The monoisotopic (exact) mass is 120 g/mol. The SMILES string of the molecule is CCCCO.CNN. The van der Waals surface area contributed by atoms with E-state index < -0.39 is 0 Å². The van der Waals surface area contributed by atoms with Crippen LogP contribution in [0.4, 0.5) is 0 Å². The quantitative estimate of drug-likeness (QED) is 0.351. The van der Waals surface area contributed by atoms with E-state index in [0.29, 0.717) is 6.61 Å². The molecule has 0 bridgehead atoms. The van der Waals surface area contributed by atoms with Crippen LogP contribution in [0, 0.1) is 0 Å². The van der Waals surface area contributed by atoms with Crippen molar-refractivity contribution in [3.63, 3.8) is 0 Å². The molecule has 0 radical (unpaired) electrons. The van der Waals surface area contributed by atoms with Crippen molar-refractivity contribution in [2.75, 3.05) is 13.7 Å². The second-order valence-electron chi connectivity index (χ2n) is 1.37. The molecule has 0 rings (SSSR count). The molecular weight excluding hydrogens is 104 g/mol. The first-order valence-electron chi connectivity index (χ1n) is 2.81. The topological polar surface area (TPSA) is 58.3 Å². The van der Waals surface area contributed by atoms with E-state index in [2.05, 4.69) is 18.2 Å². The Balaban J connectivity index is 0. The number of nitrogens with one attached hydrogen (secondary N) is 1. The third kappa shape index (κ3) is 39.6. The lowest BCUT2D eigenvalue weighted by molar-refractivity contribution is 0.287. The fourth-order valence-electron chi connectivity index (χ4n) is 0.158. The number of rotatable bonds is 2. The molecule has 8 heavy (non-hydrogen) atoms. The molecule has 0 fully saturated rings. The van der Waals surface area contributed by atoms with E-state index in [1.165, 1.54) is 0 Å². The second kappa shape index (κ2) is 15.8. The van der Waals surface area contributed by atoms with Crippen molar-refractivity contribution in [3.05, 3.63) is 0 Å². The van der Waals surface area contributed by atoms with Crippen molar-refractivity contribution < 1.29 is 5.11 Å². The summed E-state index contributed by atoms with van der Waals surface area (Å²) >= 11 is 0. The van der Waals surface area contributed by atoms with Crippen molar-refractivity contribution in [1.29, 1.82) is 0 Å². The lowest BCUT2D eigenvalue weighted by Gasteiger charge is -1.79. The van der Waals surface area contributed by atoms with Crippen LogP contribution >= 0.6 is 0 Å². The van der Waals surface area contributed by atoms with Crippen LogP contribution in [0.3, 0.4) is 0 Å². The maximum atomic E-state index is 8.07. The predicted octanol–water partition coefficient (Wildman–Crippen LogP) is -0.142. The zero-order chi connectivity index (χ0) is 6.83. The average molecular weight is 120 g/mol. The molecule has 0 aromatic carbocycles. The molecular formula is C5H16N2O. The zero-order valence-electron chi connectivity index (χ0n) is 5.65. The normalized spacial score (nSPS) is 7.50. The molecule has 0 aromatic heterocycles. The Labute approximate surface area is 50.9 Å². The summed E-state index contributed by atoms with van der Waals surface area (Å²) in [5.74, 6) is 4.60. The Morgan fingerprint density at radius 2 is 2.00 bits per heavy atom. The molecule has 3 heteroatoms. The fourth-order valence-corrected chi connectivity index (χ4v) is 0.158. The first-order chi connectivity index (χ1) is 3.83. The Hall–Kier alpha value is -0.120. The molecule has 0 amide bonds. The summed E-state index contributed by atoms with van der Waals surface area (Å²) in [6.07, 6.45) is 2.04. The number of hydrogen-bond acceptors (Lipinski definition) is 3. The summed E-state index contributed by atoms with van der Waals surface area (Å²) in [7, 11) is 1.65. The lowest BCUT2D eigenvalue weighted by atomic mass is 10.4. The van der Waals surface area contributed by atoms with Gasteiger partial charge in [-0.3, -0.25) is 11.3 Å². The van der Waals surface area contributed by atoms with Gasteiger partial charge in [-0.1, -0.05) is 13.3 Å². The van der Waals surface area contributed by atoms with Crippen molar-refractivity contribution >= 4 is 0 Å². The number of aliphatic hydroxyl groups excluding tert-OH is 1. The maximum Gasteiger partial charge on any atom is 0.0430 e. The van der Waals surface area contributed by atoms with Crippen molar-refractivity contribution in [1.82, 2.24) is 5.43 Å². The Morgan fingerprint density at radius 1 is 1.62 bits per heavy atom. The highest BCUT2D eigenvalue weighted by atomic mass is 16.2. The molecule has 0 aliphatic carbocycles. The van der Waals surface area contributed by atoms with E-state index in [-0.39, 0.29) is 0 Å². The molecule has 0 saturated heterocycles. The number of hydrazine groups is 1. The highest BCUT2D eigenvalue weighted by Gasteiger charge is 1.69. The molecule has 0 heterocycles. The Morgan fingerprint density at radius 3 is 2.00 bits per heavy atom. The van der Waals surface area contributed by atoms with Crippen LogP contribution in [0.25, 0.3) is 0 Å².